The molecule has 1 N–H and O–H groups in total. The lowest BCUT2D eigenvalue weighted by atomic mass is 10.3. The number of methoxy groups -OCH3 is 1. The van der Waals surface area contributed by atoms with Crippen molar-refractivity contribution in [2.75, 3.05) is 66.3 Å². The third kappa shape index (κ3) is 7.27. The summed E-state index contributed by atoms with van der Waals surface area (Å²) in [4.78, 5) is 13.2. The number of nitrogens with one attached hydrogen (secondary N) is 1. The molecule has 100 valence electrons. The maximum absolute atomic E-state index is 11.1. The summed E-state index contributed by atoms with van der Waals surface area (Å²) >= 11 is 0. The van der Waals surface area contributed by atoms with Crippen LogP contribution in [0, 0.1) is 0 Å². The molecule has 1 aliphatic rings. The van der Waals surface area contributed by atoms with Crippen LogP contribution in [0.3, 0.4) is 0 Å². The van der Waals surface area contributed by atoms with Gasteiger partial charge >= 0.3 is 0 Å². The Hall–Kier alpha value is -0.690. The first kappa shape index (κ1) is 14.4. The molecule has 0 aromatic carbocycles. The van der Waals surface area contributed by atoms with Gasteiger partial charge in [-0.3, -0.25) is 9.69 Å². The lowest BCUT2D eigenvalue weighted by Gasteiger charge is -2.26. The van der Waals surface area contributed by atoms with Crippen molar-refractivity contribution in [3.8, 4) is 0 Å². The summed E-state index contributed by atoms with van der Waals surface area (Å²) in [5.74, 6) is 0.0964. The fourth-order valence-electron chi connectivity index (χ4n) is 1.54. The van der Waals surface area contributed by atoms with Crippen molar-refractivity contribution in [1.29, 1.82) is 0 Å². The van der Waals surface area contributed by atoms with Crippen molar-refractivity contribution in [3.05, 3.63) is 0 Å². The van der Waals surface area contributed by atoms with Gasteiger partial charge in [-0.05, 0) is 0 Å². The normalized spacial score (nSPS) is 17.1. The first-order valence-corrected chi connectivity index (χ1v) is 5.96. The van der Waals surface area contributed by atoms with Crippen LogP contribution in [0.4, 0.5) is 0 Å². The lowest BCUT2D eigenvalue weighted by molar-refractivity contribution is -0.124. The average molecular weight is 246 g/mol. The number of nitrogens with zero attached hydrogens (tertiary/aromatic N) is 1. The second-order valence-electron chi connectivity index (χ2n) is 3.84. The van der Waals surface area contributed by atoms with Gasteiger partial charge in [-0.2, -0.15) is 0 Å². The van der Waals surface area contributed by atoms with Crippen molar-refractivity contribution in [3.63, 3.8) is 0 Å². The Balaban J connectivity index is 1.85. The van der Waals surface area contributed by atoms with Gasteiger partial charge in [-0.25, -0.2) is 0 Å². The van der Waals surface area contributed by atoms with Crippen LogP contribution in [0.1, 0.15) is 0 Å². The number of rotatable bonds is 9. The maximum Gasteiger partial charge on any atom is 0.234 e. The number of carbonyl (C=O) groups is 1. The minimum Gasteiger partial charge on any atom is -0.382 e. The number of ether oxygens (including phenoxy) is 3. The largest absolute Gasteiger partial charge is 0.382 e. The molecule has 1 heterocycles. The van der Waals surface area contributed by atoms with E-state index in [9.17, 15) is 4.79 Å². The predicted molar refractivity (Wildman–Crippen MR) is 63.0 cm³/mol. The van der Waals surface area contributed by atoms with Gasteiger partial charge < -0.3 is 19.5 Å². The van der Waals surface area contributed by atoms with Gasteiger partial charge in [0.1, 0.15) is 0 Å². The maximum atomic E-state index is 11.1. The van der Waals surface area contributed by atoms with Crippen molar-refractivity contribution >= 4 is 5.91 Å². The van der Waals surface area contributed by atoms with E-state index in [2.05, 4.69) is 10.2 Å². The molecule has 0 bridgehead atoms. The molecule has 1 saturated heterocycles. The molecular weight excluding hydrogens is 224 g/mol. The van der Waals surface area contributed by atoms with Gasteiger partial charge in [-0.15, -0.1) is 0 Å². The molecule has 1 aliphatic heterocycles. The summed E-state index contributed by atoms with van der Waals surface area (Å²) in [5, 5.41) is 2.79. The third-order valence-electron chi connectivity index (χ3n) is 2.47. The molecule has 0 aromatic heterocycles. The van der Waals surface area contributed by atoms with Gasteiger partial charge in [0.25, 0.3) is 0 Å². The number of amides is 1. The smallest absolute Gasteiger partial charge is 0.234 e. The zero-order chi connectivity index (χ0) is 12.3. The summed E-state index contributed by atoms with van der Waals surface area (Å²) < 4.78 is 15.5. The van der Waals surface area contributed by atoms with E-state index in [4.69, 9.17) is 14.2 Å². The third-order valence-corrected chi connectivity index (χ3v) is 2.47. The highest BCUT2D eigenvalue weighted by Gasteiger charge is 2.14. The van der Waals surface area contributed by atoms with Crippen LogP contribution in [-0.2, 0) is 19.0 Å². The van der Waals surface area contributed by atoms with Crippen LogP contribution in [-0.4, -0.2) is 77.1 Å². The molecular formula is C11H22N2O4. The average Bonchev–Trinajstić information content (AvgIpc) is 2.33. The highest BCUT2D eigenvalue weighted by atomic mass is 16.5. The Bertz CT molecular complexity index is 214. The Labute approximate surface area is 102 Å². The second-order valence-corrected chi connectivity index (χ2v) is 3.84. The van der Waals surface area contributed by atoms with E-state index in [1.807, 2.05) is 0 Å². The van der Waals surface area contributed by atoms with Crippen LogP contribution >= 0.6 is 0 Å². The molecule has 1 rings (SSSR count). The molecule has 6 nitrogen and oxygen atoms in total. The zero-order valence-electron chi connectivity index (χ0n) is 10.4. The standard InChI is InChI=1S/C11H22N2O4/c1-15-6-7-17-9-8-16-5-4-13-3-2-12-11(14)10-13/h2-10H2,1H3,(H,12,14). The Morgan fingerprint density at radius 3 is 2.59 bits per heavy atom. The highest BCUT2D eigenvalue weighted by Crippen LogP contribution is 1.92. The van der Waals surface area contributed by atoms with E-state index in [1.54, 1.807) is 7.11 Å². The minimum absolute atomic E-state index is 0.0964. The first-order chi connectivity index (χ1) is 8.33. The molecule has 0 saturated carbocycles. The van der Waals surface area contributed by atoms with Crippen LogP contribution < -0.4 is 5.32 Å². The molecule has 0 atom stereocenters. The van der Waals surface area contributed by atoms with Crippen LogP contribution in [0.2, 0.25) is 0 Å². The fraction of sp³-hybridized carbons (Fsp3) is 0.909. The lowest BCUT2D eigenvalue weighted by Crippen LogP contribution is -2.48. The number of piperazine rings is 1. The van der Waals surface area contributed by atoms with Gasteiger partial charge in [0.05, 0.1) is 39.6 Å². The molecule has 17 heavy (non-hydrogen) atoms. The van der Waals surface area contributed by atoms with Crippen LogP contribution in [0.15, 0.2) is 0 Å². The van der Waals surface area contributed by atoms with Gasteiger partial charge in [0, 0.05) is 26.7 Å². The topological polar surface area (TPSA) is 60.0 Å². The molecule has 0 aromatic rings. The molecule has 1 fully saturated rings. The summed E-state index contributed by atoms with van der Waals surface area (Å²) in [7, 11) is 1.65. The summed E-state index contributed by atoms with van der Waals surface area (Å²) in [6.07, 6.45) is 0. The molecule has 0 unspecified atom stereocenters. The SMILES string of the molecule is COCCOCCOCCN1CCNC(=O)C1. The van der Waals surface area contributed by atoms with Crippen LogP contribution in [0.5, 0.6) is 0 Å². The number of carbonyl (C=O) groups excluding carboxylic acids is 1. The van der Waals surface area contributed by atoms with E-state index in [1.165, 1.54) is 0 Å². The quantitative estimate of drug-likeness (QED) is 0.534. The van der Waals surface area contributed by atoms with Crippen molar-refractivity contribution in [2.45, 2.75) is 0 Å². The summed E-state index contributed by atoms with van der Waals surface area (Å²) in [6.45, 7) is 5.95. The Morgan fingerprint density at radius 1 is 1.18 bits per heavy atom. The second kappa shape index (κ2) is 9.35. The monoisotopic (exact) mass is 246 g/mol. The van der Waals surface area contributed by atoms with E-state index < -0.39 is 0 Å². The Kier molecular flexibility index (Phi) is 7.91. The van der Waals surface area contributed by atoms with Gasteiger partial charge in [0.15, 0.2) is 0 Å². The predicted octanol–water partition coefficient (Wildman–Crippen LogP) is -0.902. The van der Waals surface area contributed by atoms with E-state index in [-0.39, 0.29) is 5.91 Å². The van der Waals surface area contributed by atoms with Gasteiger partial charge in [0.2, 0.25) is 5.91 Å². The van der Waals surface area contributed by atoms with Crippen molar-refractivity contribution in [1.82, 2.24) is 10.2 Å². The van der Waals surface area contributed by atoms with E-state index in [0.717, 1.165) is 19.6 Å². The highest BCUT2D eigenvalue weighted by molar-refractivity contribution is 5.78. The van der Waals surface area contributed by atoms with Crippen molar-refractivity contribution in [2.24, 2.45) is 0 Å². The molecule has 6 heteroatoms. The Morgan fingerprint density at radius 2 is 1.88 bits per heavy atom. The fourth-order valence-corrected chi connectivity index (χ4v) is 1.54. The van der Waals surface area contributed by atoms with E-state index >= 15 is 0 Å². The first-order valence-electron chi connectivity index (χ1n) is 5.96. The minimum atomic E-state index is 0.0964. The van der Waals surface area contributed by atoms with E-state index in [0.29, 0.717) is 39.6 Å². The number of hydrogen-bond acceptors (Lipinski definition) is 5. The van der Waals surface area contributed by atoms with Crippen molar-refractivity contribution < 1.29 is 19.0 Å². The van der Waals surface area contributed by atoms with Gasteiger partial charge in [-0.1, -0.05) is 0 Å². The molecule has 0 radical (unpaired) electrons. The number of hydrogen-bond donors (Lipinski definition) is 1. The summed E-state index contributed by atoms with van der Waals surface area (Å²) in [5.41, 5.74) is 0. The summed E-state index contributed by atoms with van der Waals surface area (Å²) in [6, 6.07) is 0. The zero-order valence-corrected chi connectivity index (χ0v) is 10.4. The molecule has 0 spiro atoms. The van der Waals surface area contributed by atoms with Crippen LogP contribution in [0.25, 0.3) is 0 Å². The molecule has 0 aliphatic carbocycles. The molecule has 1 amide bonds.